The van der Waals surface area contributed by atoms with Crippen LogP contribution in [0, 0.1) is 49.7 Å². The lowest BCUT2D eigenvalue weighted by molar-refractivity contribution is -0.224. The minimum absolute atomic E-state index is 0.351. The second-order valence-corrected chi connectivity index (χ2v) is 16.6. The van der Waals surface area contributed by atoms with Crippen LogP contribution in [0.4, 0.5) is 0 Å². The first-order valence-electron chi connectivity index (χ1n) is 14.1. The molecule has 0 aromatic heterocycles. The summed E-state index contributed by atoms with van der Waals surface area (Å²) in [7, 11) is 0. The summed E-state index contributed by atoms with van der Waals surface area (Å²) in [6.45, 7) is 39.6. The molecule has 3 fully saturated rings. The highest BCUT2D eigenvalue weighted by Gasteiger charge is 2.56. The lowest BCUT2D eigenvalue weighted by atomic mass is 9.45. The molecule has 0 bridgehead atoms. The van der Waals surface area contributed by atoms with E-state index in [1.54, 1.807) is 0 Å². The molecule has 0 spiro atoms. The molecule has 0 unspecified atom stereocenters. The highest BCUT2D eigenvalue weighted by Crippen LogP contribution is 2.63. The first kappa shape index (κ1) is 31.0. The van der Waals surface area contributed by atoms with Gasteiger partial charge in [0.25, 0.3) is 0 Å². The monoisotopic (exact) mass is 464 g/mol. The molecule has 3 rings (SSSR count). The number of hydrogen-bond donors (Lipinski definition) is 0. The van der Waals surface area contributed by atoms with Crippen LogP contribution in [-0.4, -0.2) is 13.2 Å². The average molecular weight is 465 g/mol. The molecule has 0 amide bonds. The summed E-state index contributed by atoms with van der Waals surface area (Å²) in [6.07, 6.45) is 7.25. The predicted octanol–water partition coefficient (Wildman–Crippen LogP) is 10.4. The van der Waals surface area contributed by atoms with Gasteiger partial charge >= 0.3 is 0 Å². The largest absolute Gasteiger partial charge is 0.380 e. The van der Waals surface area contributed by atoms with Gasteiger partial charge in [-0.2, -0.15) is 0 Å². The molecule has 3 aliphatic rings. The van der Waals surface area contributed by atoms with Gasteiger partial charge in [-0.1, -0.05) is 117 Å². The van der Waals surface area contributed by atoms with Crippen molar-refractivity contribution in [3.05, 3.63) is 0 Å². The van der Waals surface area contributed by atoms with Crippen molar-refractivity contribution in [2.75, 3.05) is 13.2 Å². The molecule has 1 heterocycles. The zero-order valence-corrected chi connectivity index (χ0v) is 26.0. The van der Waals surface area contributed by atoms with Crippen LogP contribution in [0.15, 0.2) is 0 Å². The maximum absolute atomic E-state index is 5.39. The average Bonchev–Trinajstić information content (AvgIpc) is 3.19. The van der Waals surface area contributed by atoms with Gasteiger partial charge in [0.1, 0.15) is 0 Å². The van der Waals surface area contributed by atoms with Crippen molar-refractivity contribution in [3.8, 4) is 0 Å². The second kappa shape index (κ2) is 9.78. The predicted molar refractivity (Wildman–Crippen MR) is 149 cm³/mol. The summed E-state index contributed by atoms with van der Waals surface area (Å²) in [4.78, 5) is 0. The van der Waals surface area contributed by atoms with Crippen molar-refractivity contribution in [1.29, 1.82) is 0 Å². The molecule has 1 nitrogen and oxygen atoms in total. The summed E-state index contributed by atoms with van der Waals surface area (Å²) in [5.74, 6) is 1.80. The molecule has 1 saturated heterocycles. The quantitative estimate of drug-likeness (QED) is 0.395. The van der Waals surface area contributed by atoms with E-state index in [4.69, 9.17) is 4.74 Å². The Morgan fingerprint density at radius 3 is 0.788 bits per heavy atom. The van der Waals surface area contributed by atoms with Crippen LogP contribution in [0.5, 0.6) is 0 Å². The molecule has 1 heteroatoms. The van der Waals surface area contributed by atoms with E-state index < -0.39 is 0 Å². The molecule has 198 valence electrons. The Balaban J connectivity index is 0.000000250. The van der Waals surface area contributed by atoms with E-state index in [9.17, 15) is 0 Å². The molecular formula is C32H64O. The summed E-state index contributed by atoms with van der Waals surface area (Å²) < 4.78 is 5.39. The molecule has 33 heavy (non-hydrogen) atoms. The van der Waals surface area contributed by atoms with E-state index >= 15 is 0 Å². The lowest BCUT2D eigenvalue weighted by Crippen LogP contribution is -2.59. The molecule has 2 aliphatic carbocycles. The molecule has 2 saturated carbocycles. The van der Waals surface area contributed by atoms with Gasteiger partial charge in [-0.15, -0.1) is 0 Å². The minimum atomic E-state index is 0.351. The second-order valence-electron chi connectivity index (χ2n) is 16.6. The molecular weight excluding hydrogens is 400 g/mol. The first-order valence-corrected chi connectivity index (χ1v) is 14.1. The van der Waals surface area contributed by atoms with Gasteiger partial charge in [-0.3, -0.25) is 0 Å². The Morgan fingerprint density at radius 1 is 0.485 bits per heavy atom. The first-order chi connectivity index (χ1) is 14.5. The fourth-order valence-electron chi connectivity index (χ4n) is 7.42. The van der Waals surface area contributed by atoms with Gasteiger partial charge in [0.2, 0.25) is 0 Å². The molecule has 0 aromatic rings. The van der Waals surface area contributed by atoms with Crippen LogP contribution in [0.1, 0.15) is 143 Å². The van der Waals surface area contributed by atoms with Crippen LogP contribution in [-0.2, 0) is 4.74 Å². The zero-order valence-electron chi connectivity index (χ0n) is 26.0. The maximum atomic E-state index is 5.39. The standard InChI is InChI=1S/C12H24.C11H22O.C9H18/c1-10(2,3)12(8-7-9-12)11(4,5)6;1-9(2,3)11(7-12-8-11)10(4,5)6;1-7(2)9(5-6-9)8(3)4/h7-9H2,1-6H3;7-8H2,1-6H3;7-8H,5-6H2,1-4H3. The highest BCUT2D eigenvalue weighted by atomic mass is 16.5. The summed E-state index contributed by atoms with van der Waals surface area (Å²) >= 11 is 0. The van der Waals surface area contributed by atoms with E-state index in [2.05, 4.69) is 111 Å². The van der Waals surface area contributed by atoms with Crippen molar-refractivity contribution >= 4 is 0 Å². The van der Waals surface area contributed by atoms with E-state index in [0.717, 1.165) is 30.5 Å². The minimum Gasteiger partial charge on any atom is -0.380 e. The van der Waals surface area contributed by atoms with Crippen molar-refractivity contribution < 1.29 is 4.74 Å². The molecule has 0 aromatic carbocycles. The lowest BCUT2D eigenvalue weighted by Gasteiger charge is -2.60. The van der Waals surface area contributed by atoms with Crippen molar-refractivity contribution in [1.82, 2.24) is 0 Å². The van der Waals surface area contributed by atoms with E-state index in [-0.39, 0.29) is 0 Å². The number of hydrogen-bond acceptors (Lipinski definition) is 1. The summed E-state index contributed by atoms with van der Waals surface area (Å²) in [6, 6.07) is 0. The van der Waals surface area contributed by atoms with Crippen LogP contribution >= 0.6 is 0 Å². The Kier molecular flexibility index (Phi) is 9.19. The van der Waals surface area contributed by atoms with Crippen molar-refractivity contribution in [2.24, 2.45) is 49.7 Å². The fraction of sp³-hybridized carbons (Fsp3) is 1.00. The Labute approximate surface area is 210 Å². The van der Waals surface area contributed by atoms with Crippen LogP contribution < -0.4 is 0 Å². The van der Waals surface area contributed by atoms with E-state index in [1.165, 1.54) is 32.1 Å². The molecule has 0 atom stereocenters. The van der Waals surface area contributed by atoms with Gasteiger partial charge in [0.05, 0.1) is 13.2 Å². The summed E-state index contributed by atoms with van der Waals surface area (Å²) in [5, 5.41) is 0. The Bertz CT molecular complexity index is 513. The number of rotatable bonds is 2. The normalized spacial score (nSPS) is 23.5. The third-order valence-electron chi connectivity index (χ3n) is 10.8. The van der Waals surface area contributed by atoms with Gasteiger partial charge in [-0.25, -0.2) is 0 Å². The van der Waals surface area contributed by atoms with Crippen LogP contribution in [0.25, 0.3) is 0 Å². The number of ether oxygens (including phenoxy) is 1. The van der Waals surface area contributed by atoms with Crippen molar-refractivity contribution in [2.45, 2.75) is 143 Å². The van der Waals surface area contributed by atoms with Gasteiger partial charge in [0.15, 0.2) is 0 Å². The molecule has 0 N–H and O–H groups in total. The third-order valence-corrected chi connectivity index (χ3v) is 10.8. The fourth-order valence-corrected chi connectivity index (χ4v) is 7.42. The van der Waals surface area contributed by atoms with Gasteiger partial charge in [-0.05, 0) is 70.0 Å². The Hall–Kier alpha value is -0.0400. The van der Waals surface area contributed by atoms with E-state index in [1.807, 2.05) is 0 Å². The SMILES string of the molecule is CC(C)(C)C1(C(C)(C)C)CCC1.CC(C)(C)C1(C(C)(C)C)COC1.CC(C)C1(C(C)C)CC1. The van der Waals surface area contributed by atoms with Gasteiger partial charge in [0, 0.05) is 5.41 Å². The zero-order chi connectivity index (χ0) is 26.3. The molecule has 1 aliphatic heterocycles. The topological polar surface area (TPSA) is 9.23 Å². The van der Waals surface area contributed by atoms with Crippen molar-refractivity contribution in [3.63, 3.8) is 0 Å². The maximum Gasteiger partial charge on any atom is 0.0554 e. The van der Waals surface area contributed by atoms with Crippen LogP contribution in [0.2, 0.25) is 0 Å². The van der Waals surface area contributed by atoms with Gasteiger partial charge < -0.3 is 4.74 Å². The van der Waals surface area contributed by atoms with Crippen LogP contribution in [0.3, 0.4) is 0 Å². The third kappa shape index (κ3) is 6.03. The van der Waals surface area contributed by atoms with E-state index in [0.29, 0.717) is 32.5 Å². The molecule has 0 radical (unpaired) electrons. The Morgan fingerprint density at radius 2 is 0.788 bits per heavy atom. The highest BCUT2D eigenvalue weighted by molar-refractivity contribution is 5.04. The summed E-state index contributed by atoms with van der Waals surface area (Å²) in [5.41, 5.74) is 3.38. The smallest absolute Gasteiger partial charge is 0.0554 e.